The number of hydrogen-bond donors (Lipinski definition) is 4. The fraction of sp³-hybridized carbons (Fsp3) is 1.00. The molecule has 52 valence electrons. The third-order valence-corrected chi connectivity index (χ3v) is 1.23. The minimum absolute atomic E-state index is 0.00463. The Morgan fingerprint density at radius 2 is 1.88 bits per heavy atom. The monoisotopic (exact) mass is 140 g/mol. The van der Waals surface area contributed by atoms with Crippen LogP contribution in [0.25, 0.3) is 0 Å². The molecule has 0 rings (SSSR count). The molecule has 0 bridgehead atoms. The van der Waals surface area contributed by atoms with Crippen LogP contribution in [-0.2, 0) is 0 Å². The molecule has 0 fully saturated rings. The van der Waals surface area contributed by atoms with E-state index in [1.807, 2.05) is 0 Å². The Hall–Kier alpha value is 0.190. The van der Waals surface area contributed by atoms with Gasteiger partial charge in [0.25, 0.3) is 0 Å². The Labute approximate surface area is 50.7 Å². The van der Waals surface area contributed by atoms with E-state index in [0.29, 0.717) is 0 Å². The topological polar surface area (TPSA) is 78.5 Å². The summed E-state index contributed by atoms with van der Waals surface area (Å²) in [6, 6.07) is 0.00463. The molecule has 5 heteroatoms. The molecule has 0 amide bonds. The molecule has 0 aliphatic rings. The maximum absolute atomic E-state index is 8.49. The number of rotatable bonds is 2. The van der Waals surface area contributed by atoms with Crippen molar-refractivity contribution in [2.75, 3.05) is 0 Å². The van der Waals surface area contributed by atoms with Crippen molar-refractivity contribution in [3.8, 4) is 0 Å². The molecule has 0 radical (unpaired) electrons. The van der Waals surface area contributed by atoms with Gasteiger partial charge in [-0.05, 0) is 13.8 Å². The number of nitrogens with two attached hydrogens (primary N) is 1. The van der Waals surface area contributed by atoms with Crippen LogP contribution in [0.2, 0.25) is 0 Å². The van der Waals surface area contributed by atoms with Gasteiger partial charge in [0, 0.05) is 6.04 Å². The van der Waals surface area contributed by atoms with E-state index in [-0.39, 0.29) is 6.04 Å². The smallest absolute Gasteiger partial charge is 0.0216 e. The lowest BCUT2D eigenvalue weighted by Gasteiger charge is -2.28. The Balaban J connectivity index is 3.39. The predicted octanol–water partition coefficient (Wildman–Crippen LogP) is 0.524. The van der Waals surface area contributed by atoms with Gasteiger partial charge in [0.1, 0.15) is 0 Å². The number of hydrogen-bond acceptors (Lipinski definition) is 4. The summed E-state index contributed by atoms with van der Waals surface area (Å²) in [7, 11) is -2.97. The van der Waals surface area contributed by atoms with E-state index in [4.69, 9.17) is 14.2 Å². The van der Waals surface area contributed by atoms with Crippen LogP contribution in [0.1, 0.15) is 13.8 Å². The van der Waals surface area contributed by atoms with Crippen LogP contribution in [0.3, 0.4) is 0 Å². The summed E-state index contributed by atoms with van der Waals surface area (Å²) < 4.78 is 19.3. The van der Waals surface area contributed by atoms with E-state index in [0.717, 1.165) is 0 Å². The summed E-state index contributed by atoms with van der Waals surface area (Å²) >= 11 is 0. The lowest BCUT2D eigenvalue weighted by molar-refractivity contribution is 0.463. The van der Waals surface area contributed by atoms with Crippen molar-refractivity contribution in [1.29, 1.82) is 0 Å². The minimum atomic E-state index is -2.97. The van der Waals surface area contributed by atoms with Crippen molar-refractivity contribution in [2.45, 2.75) is 19.9 Å². The van der Waals surface area contributed by atoms with Crippen molar-refractivity contribution < 1.29 is 9.11 Å². The normalized spacial score (nSPS) is 14.8. The summed E-state index contributed by atoms with van der Waals surface area (Å²) in [5.41, 5.74) is 0. The summed E-state index contributed by atoms with van der Waals surface area (Å²) in [5.74, 6) is 0. The van der Waals surface area contributed by atoms with Crippen LogP contribution in [0, 0.1) is 0 Å². The van der Waals surface area contributed by atoms with Crippen LogP contribution in [0.5, 0.6) is 0 Å². The highest BCUT2D eigenvalue weighted by Crippen LogP contribution is 2.21. The lowest BCUT2D eigenvalue weighted by atomic mass is 10.4. The Morgan fingerprint density at radius 3 is 1.88 bits per heavy atom. The van der Waals surface area contributed by atoms with Crippen LogP contribution in [0.4, 0.5) is 0 Å². The van der Waals surface area contributed by atoms with E-state index < -0.39 is 11.0 Å². The van der Waals surface area contributed by atoms with Gasteiger partial charge in [0.2, 0.25) is 0 Å². The molecule has 0 aliphatic heterocycles. The van der Waals surface area contributed by atoms with E-state index in [2.05, 4.69) is 4.72 Å². The molecule has 0 spiro atoms. The summed E-state index contributed by atoms with van der Waals surface area (Å²) in [5, 5.41) is 4.82. The predicted molar refractivity (Wildman–Crippen MR) is 35.3 cm³/mol. The zero-order valence-corrected chi connectivity index (χ0v) is 5.77. The molecule has 0 aromatic carbocycles. The number of nitrogens with one attached hydrogen (secondary N) is 1. The molecule has 0 unspecified atom stereocenters. The molecular weight excluding hydrogens is 128 g/mol. The quantitative estimate of drug-likeness (QED) is 0.451. The second-order valence-electron chi connectivity index (χ2n) is 1.87. The van der Waals surface area contributed by atoms with Crippen molar-refractivity contribution in [1.82, 2.24) is 4.72 Å². The zero-order valence-electron chi connectivity index (χ0n) is 4.96. The second-order valence-corrected chi connectivity index (χ2v) is 3.29. The molecule has 0 aromatic rings. The third-order valence-electron chi connectivity index (χ3n) is 0.409. The molecular formula is C3H12N2O2S. The second kappa shape index (κ2) is 2.65. The van der Waals surface area contributed by atoms with Gasteiger partial charge in [-0.15, -0.1) is 0 Å². The molecule has 5 N–H and O–H groups in total. The van der Waals surface area contributed by atoms with Crippen molar-refractivity contribution in [3.05, 3.63) is 0 Å². The molecule has 0 aliphatic carbocycles. The van der Waals surface area contributed by atoms with Crippen LogP contribution in [-0.4, -0.2) is 15.1 Å². The van der Waals surface area contributed by atoms with E-state index >= 15 is 0 Å². The highest BCUT2D eigenvalue weighted by Gasteiger charge is 2.03. The zero-order chi connectivity index (χ0) is 6.78. The fourth-order valence-electron chi connectivity index (χ4n) is 0.347. The standard InChI is InChI=1S/C3H12N2O2S/c1-3(2)5-8(4,6)7/h3,5-7H,4H2,1-2H3. The molecule has 0 heterocycles. The van der Waals surface area contributed by atoms with Gasteiger partial charge >= 0.3 is 0 Å². The van der Waals surface area contributed by atoms with Crippen molar-refractivity contribution in [2.24, 2.45) is 5.14 Å². The Morgan fingerprint density at radius 1 is 1.50 bits per heavy atom. The molecule has 0 atom stereocenters. The van der Waals surface area contributed by atoms with Crippen LogP contribution >= 0.6 is 11.0 Å². The first-order valence-corrected chi connectivity index (χ1v) is 3.86. The van der Waals surface area contributed by atoms with Crippen LogP contribution < -0.4 is 9.86 Å². The van der Waals surface area contributed by atoms with Gasteiger partial charge in [-0.2, -0.15) is 0 Å². The van der Waals surface area contributed by atoms with Crippen LogP contribution in [0.15, 0.2) is 0 Å². The van der Waals surface area contributed by atoms with Gasteiger partial charge < -0.3 is 0 Å². The third kappa shape index (κ3) is 6.19. The Kier molecular flexibility index (Phi) is 2.72. The SMILES string of the molecule is CC(C)NS(N)(O)O. The Bertz CT molecular complexity index is 70.2. The van der Waals surface area contributed by atoms with Gasteiger partial charge in [-0.25, -0.2) is 9.86 Å². The van der Waals surface area contributed by atoms with Crippen molar-refractivity contribution >= 4 is 11.0 Å². The maximum atomic E-state index is 8.49. The molecule has 0 aromatic heterocycles. The van der Waals surface area contributed by atoms with Crippen molar-refractivity contribution in [3.63, 3.8) is 0 Å². The summed E-state index contributed by atoms with van der Waals surface area (Å²) in [6.45, 7) is 3.56. The molecule has 0 saturated carbocycles. The first kappa shape index (κ1) is 8.19. The van der Waals surface area contributed by atoms with Gasteiger partial charge in [0.15, 0.2) is 0 Å². The van der Waals surface area contributed by atoms with Gasteiger partial charge in [0.05, 0.1) is 0 Å². The maximum Gasteiger partial charge on any atom is 0.0216 e. The lowest BCUT2D eigenvalue weighted by Crippen LogP contribution is -2.31. The highest BCUT2D eigenvalue weighted by molar-refractivity contribution is 8.20. The first-order valence-electron chi connectivity index (χ1n) is 2.25. The van der Waals surface area contributed by atoms with E-state index in [1.54, 1.807) is 13.8 Å². The summed E-state index contributed by atoms with van der Waals surface area (Å²) in [6.07, 6.45) is 0. The van der Waals surface area contributed by atoms with E-state index in [9.17, 15) is 0 Å². The summed E-state index contributed by atoms with van der Waals surface area (Å²) in [4.78, 5) is 0. The minimum Gasteiger partial charge on any atom is -0.273 e. The van der Waals surface area contributed by atoms with Gasteiger partial charge in [-0.3, -0.25) is 9.11 Å². The molecule has 8 heavy (non-hydrogen) atoms. The molecule has 4 nitrogen and oxygen atoms in total. The van der Waals surface area contributed by atoms with Gasteiger partial charge in [-0.1, -0.05) is 11.0 Å². The van der Waals surface area contributed by atoms with E-state index in [1.165, 1.54) is 0 Å². The molecule has 0 saturated heterocycles. The first-order chi connectivity index (χ1) is 3.42. The average molecular weight is 140 g/mol. The largest absolute Gasteiger partial charge is 0.273 e. The average Bonchev–Trinajstić information content (AvgIpc) is 1.21. The highest BCUT2D eigenvalue weighted by atomic mass is 32.3. The fourth-order valence-corrected chi connectivity index (χ4v) is 1.04.